The summed E-state index contributed by atoms with van der Waals surface area (Å²) < 4.78 is 13.8. The fraction of sp³-hybridized carbons (Fsp3) is 0.217. The van der Waals surface area contributed by atoms with Crippen LogP contribution in [0.3, 0.4) is 0 Å². The van der Waals surface area contributed by atoms with Crippen LogP contribution in [0.4, 0.5) is 15.9 Å². The maximum Gasteiger partial charge on any atom is 0.130 e. The summed E-state index contributed by atoms with van der Waals surface area (Å²) in [6, 6.07) is 16.5. The molecular formula is C23H25ClFN5. The average Bonchev–Trinajstić information content (AvgIpc) is 2.74. The molecule has 0 saturated heterocycles. The van der Waals surface area contributed by atoms with Gasteiger partial charge < -0.3 is 15.5 Å². The normalized spacial score (nSPS) is 11.3. The van der Waals surface area contributed by atoms with Gasteiger partial charge in [0.05, 0.1) is 5.02 Å². The maximum atomic E-state index is 13.8. The van der Waals surface area contributed by atoms with Crippen LogP contribution in [0.25, 0.3) is 0 Å². The van der Waals surface area contributed by atoms with E-state index in [0.29, 0.717) is 23.9 Å². The van der Waals surface area contributed by atoms with Crippen molar-refractivity contribution in [2.75, 3.05) is 31.8 Å². The lowest BCUT2D eigenvalue weighted by Gasteiger charge is -2.16. The molecular weight excluding hydrogens is 401 g/mol. The number of halogens is 2. The first kappa shape index (κ1) is 21.6. The third kappa shape index (κ3) is 5.70. The highest BCUT2D eigenvalue weighted by Gasteiger charge is 2.07. The zero-order valence-electron chi connectivity index (χ0n) is 17.3. The molecule has 0 aliphatic carbocycles. The van der Waals surface area contributed by atoms with E-state index in [1.807, 2.05) is 19.0 Å². The summed E-state index contributed by atoms with van der Waals surface area (Å²) in [5.41, 5.74) is 3.87. The average molecular weight is 426 g/mol. The second-order valence-electron chi connectivity index (χ2n) is 7.01. The number of hydrogen-bond acceptors (Lipinski definition) is 4. The van der Waals surface area contributed by atoms with Crippen LogP contribution >= 0.6 is 11.6 Å². The van der Waals surface area contributed by atoms with Crippen molar-refractivity contribution in [2.45, 2.75) is 13.1 Å². The van der Waals surface area contributed by atoms with Crippen LogP contribution in [0, 0.1) is 5.82 Å². The minimum Gasteiger partial charge on any atom is -0.381 e. The van der Waals surface area contributed by atoms with E-state index in [1.54, 1.807) is 31.4 Å². The molecule has 30 heavy (non-hydrogen) atoms. The number of aliphatic imine (C=N–C) groups is 1. The Kier molecular flexibility index (Phi) is 7.25. The van der Waals surface area contributed by atoms with Crippen molar-refractivity contribution in [3.05, 3.63) is 88.3 Å². The van der Waals surface area contributed by atoms with Crippen molar-refractivity contribution in [3.8, 4) is 0 Å². The van der Waals surface area contributed by atoms with E-state index in [-0.39, 0.29) is 5.82 Å². The molecule has 1 heterocycles. The fourth-order valence-electron chi connectivity index (χ4n) is 3.10. The van der Waals surface area contributed by atoms with Crippen LogP contribution in [0.15, 0.2) is 65.8 Å². The number of anilines is 2. The standard InChI is InChI=1S/C23H25ClFN5/c1-26-23(30(2)3)17-6-4-16(5-7-17)13-27-21-10-9-20(25)12-18(21)14-28-22-11-8-19(24)15-29-22/h4-12,15,27H,13-14H2,1-3H3,(H,28,29). The summed E-state index contributed by atoms with van der Waals surface area (Å²) in [5.74, 6) is 1.33. The lowest BCUT2D eigenvalue weighted by Crippen LogP contribution is -2.22. The van der Waals surface area contributed by atoms with Gasteiger partial charge in [0.2, 0.25) is 0 Å². The largest absolute Gasteiger partial charge is 0.381 e. The first-order chi connectivity index (χ1) is 14.5. The molecule has 7 heteroatoms. The molecule has 0 spiro atoms. The van der Waals surface area contributed by atoms with E-state index in [9.17, 15) is 4.39 Å². The molecule has 2 aromatic carbocycles. The highest BCUT2D eigenvalue weighted by Crippen LogP contribution is 2.20. The number of rotatable bonds is 7. The van der Waals surface area contributed by atoms with Crippen molar-refractivity contribution in [2.24, 2.45) is 4.99 Å². The topological polar surface area (TPSA) is 52.6 Å². The van der Waals surface area contributed by atoms with E-state index in [4.69, 9.17) is 11.6 Å². The smallest absolute Gasteiger partial charge is 0.130 e. The molecule has 3 aromatic rings. The minimum atomic E-state index is -0.277. The van der Waals surface area contributed by atoms with Gasteiger partial charge in [-0.25, -0.2) is 9.37 Å². The second-order valence-corrected chi connectivity index (χ2v) is 7.45. The highest BCUT2D eigenvalue weighted by molar-refractivity contribution is 6.30. The van der Waals surface area contributed by atoms with Crippen LogP contribution in [0.2, 0.25) is 5.02 Å². The van der Waals surface area contributed by atoms with Crippen LogP contribution < -0.4 is 10.6 Å². The second kappa shape index (κ2) is 10.1. The van der Waals surface area contributed by atoms with Gasteiger partial charge in [-0.1, -0.05) is 35.9 Å². The molecule has 3 rings (SSSR count). The van der Waals surface area contributed by atoms with Gasteiger partial charge in [-0.05, 0) is 41.5 Å². The number of amidine groups is 1. The van der Waals surface area contributed by atoms with E-state index >= 15 is 0 Å². The zero-order chi connectivity index (χ0) is 21.5. The predicted molar refractivity (Wildman–Crippen MR) is 123 cm³/mol. The summed E-state index contributed by atoms with van der Waals surface area (Å²) in [6.45, 7) is 1.06. The highest BCUT2D eigenvalue weighted by atomic mass is 35.5. The lowest BCUT2D eigenvalue weighted by atomic mass is 10.1. The Labute approximate surface area is 181 Å². The van der Waals surface area contributed by atoms with Gasteiger partial charge in [-0.3, -0.25) is 4.99 Å². The Morgan fingerprint density at radius 3 is 2.43 bits per heavy atom. The number of nitrogens with zero attached hydrogens (tertiary/aromatic N) is 3. The molecule has 0 fully saturated rings. The lowest BCUT2D eigenvalue weighted by molar-refractivity contribution is 0.622. The van der Waals surface area contributed by atoms with E-state index in [2.05, 4.69) is 44.9 Å². The van der Waals surface area contributed by atoms with Crippen molar-refractivity contribution >= 4 is 28.9 Å². The van der Waals surface area contributed by atoms with Crippen molar-refractivity contribution < 1.29 is 4.39 Å². The van der Waals surface area contributed by atoms with Crippen LogP contribution in [0.5, 0.6) is 0 Å². The minimum absolute atomic E-state index is 0.277. The zero-order valence-corrected chi connectivity index (χ0v) is 18.0. The Morgan fingerprint density at radius 1 is 1.03 bits per heavy atom. The first-order valence-electron chi connectivity index (χ1n) is 9.57. The molecule has 5 nitrogen and oxygen atoms in total. The van der Waals surface area contributed by atoms with Gasteiger partial charge in [-0.2, -0.15) is 0 Å². The first-order valence-corrected chi connectivity index (χ1v) is 9.95. The van der Waals surface area contributed by atoms with Crippen LogP contribution in [-0.4, -0.2) is 36.9 Å². The predicted octanol–water partition coefficient (Wildman–Crippen LogP) is 5.04. The van der Waals surface area contributed by atoms with Gasteiger partial charge in [0.15, 0.2) is 0 Å². The van der Waals surface area contributed by atoms with E-state index in [0.717, 1.165) is 28.2 Å². The third-order valence-corrected chi connectivity index (χ3v) is 4.81. The Morgan fingerprint density at radius 2 is 1.80 bits per heavy atom. The molecule has 0 saturated carbocycles. The van der Waals surface area contributed by atoms with E-state index < -0.39 is 0 Å². The van der Waals surface area contributed by atoms with Gasteiger partial charge in [0.25, 0.3) is 0 Å². The number of aromatic nitrogens is 1. The maximum absolute atomic E-state index is 13.8. The van der Waals surface area contributed by atoms with Gasteiger partial charge in [0, 0.05) is 51.7 Å². The summed E-state index contributed by atoms with van der Waals surface area (Å²) in [5, 5.41) is 7.17. The van der Waals surface area contributed by atoms with Crippen molar-refractivity contribution in [1.29, 1.82) is 0 Å². The van der Waals surface area contributed by atoms with Crippen molar-refractivity contribution in [3.63, 3.8) is 0 Å². The number of hydrogen-bond donors (Lipinski definition) is 2. The van der Waals surface area contributed by atoms with Gasteiger partial charge in [0.1, 0.15) is 17.5 Å². The third-order valence-electron chi connectivity index (χ3n) is 4.59. The molecule has 0 amide bonds. The molecule has 0 aliphatic rings. The molecule has 1 aromatic heterocycles. The van der Waals surface area contributed by atoms with Gasteiger partial charge in [-0.15, -0.1) is 0 Å². The number of nitrogens with one attached hydrogen (secondary N) is 2. The summed E-state index contributed by atoms with van der Waals surface area (Å²) in [4.78, 5) is 10.5. The van der Waals surface area contributed by atoms with Crippen LogP contribution in [-0.2, 0) is 13.1 Å². The molecule has 156 valence electrons. The number of benzene rings is 2. The molecule has 0 bridgehead atoms. The monoisotopic (exact) mass is 425 g/mol. The summed E-state index contributed by atoms with van der Waals surface area (Å²) in [7, 11) is 5.73. The Hall–Kier alpha value is -3.12. The van der Waals surface area contributed by atoms with Gasteiger partial charge >= 0.3 is 0 Å². The molecule has 0 unspecified atom stereocenters. The summed E-state index contributed by atoms with van der Waals surface area (Å²) >= 11 is 5.87. The molecule has 2 N–H and O–H groups in total. The number of pyridine rings is 1. The molecule has 0 atom stereocenters. The molecule has 0 radical (unpaired) electrons. The van der Waals surface area contributed by atoms with E-state index in [1.165, 1.54) is 12.1 Å². The molecule has 0 aliphatic heterocycles. The Balaban J connectivity index is 1.67. The summed E-state index contributed by atoms with van der Waals surface area (Å²) in [6.07, 6.45) is 1.57. The van der Waals surface area contributed by atoms with Crippen LogP contribution in [0.1, 0.15) is 16.7 Å². The quantitative estimate of drug-likeness (QED) is 0.411. The SMILES string of the molecule is CN=C(c1ccc(CNc2ccc(F)cc2CNc2ccc(Cl)cn2)cc1)N(C)C. The Bertz CT molecular complexity index is 1000. The van der Waals surface area contributed by atoms with Crippen molar-refractivity contribution in [1.82, 2.24) is 9.88 Å². The fourth-order valence-corrected chi connectivity index (χ4v) is 3.22.